The molecule has 2 aromatic heterocycles. The summed E-state index contributed by atoms with van der Waals surface area (Å²) >= 11 is 0. The molecule has 1 aliphatic rings. The van der Waals surface area contributed by atoms with Crippen LogP contribution in [-0.2, 0) is 10.0 Å². The third kappa shape index (κ3) is 3.31. The predicted molar refractivity (Wildman–Crippen MR) is 83.7 cm³/mol. The highest BCUT2D eigenvalue weighted by atomic mass is 32.2. The second-order valence-electron chi connectivity index (χ2n) is 5.54. The number of hydrogen-bond donors (Lipinski definition) is 0. The number of hydrogen-bond acceptors (Lipinski definition) is 5. The molecule has 0 bridgehead atoms. The zero-order chi connectivity index (χ0) is 15.6. The molecule has 1 saturated heterocycles. The lowest BCUT2D eigenvalue weighted by molar-refractivity contribution is 0.321. The highest BCUT2D eigenvalue weighted by Gasteiger charge is 2.25. The van der Waals surface area contributed by atoms with Crippen LogP contribution in [0.3, 0.4) is 0 Å². The van der Waals surface area contributed by atoms with Gasteiger partial charge in [-0.25, -0.2) is 22.7 Å². The van der Waals surface area contributed by atoms with E-state index in [4.69, 9.17) is 0 Å². The lowest BCUT2D eigenvalue weighted by atomic mass is 9.90. The molecule has 22 heavy (non-hydrogen) atoms. The molecule has 0 saturated carbocycles. The normalized spacial score (nSPS) is 17.5. The van der Waals surface area contributed by atoms with Gasteiger partial charge in [-0.2, -0.15) is 0 Å². The van der Waals surface area contributed by atoms with E-state index in [0.29, 0.717) is 19.0 Å². The Morgan fingerprint density at radius 1 is 1.18 bits per heavy atom. The van der Waals surface area contributed by atoms with Crippen LogP contribution in [0.4, 0.5) is 0 Å². The molecule has 3 heterocycles. The van der Waals surface area contributed by atoms with Gasteiger partial charge in [0.15, 0.2) is 0 Å². The molecule has 0 amide bonds. The molecule has 0 atom stereocenters. The minimum atomic E-state index is -3.08. The number of piperidine rings is 1. The fraction of sp³-hybridized carbons (Fsp3) is 0.400. The van der Waals surface area contributed by atoms with E-state index < -0.39 is 10.0 Å². The van der Waals surface area contributed by atoms with Gasteiger partial charge < -0.3 is 0 Å². The number of rotatable bonds is 3. The van der Waals surface area contributed by atoms with E-state index in [0.717, 1.165) is 24.1 Å². The van der Waals surface area contributed by atoms with Gasteiger partial charge in [0, 0.05) is 37.2 Å². The lowest BCUT2D eigenvalue weighted by Gasteiger charge is -2.30. The zero-order valence-electron chi connectivity index (χ0n) is 12.4. The summed E-state index contributed by atoms with van der Waals surface area (Å²) in [6.45, 7) is 1.16. The molecule has 0 radical (unpaired) electrons. The lowest BCUT2D eigenvalue weighted by Crippen LogP contribution is -2.37. The second-order valence-corrected chi connectivity index (χ2v) is 7.52. The summed E-state index contributed by atoms with van der Waals surface area (Å²) in [5, 5.41) is 0. The maximum Gasteiger partial charge on any atom is 0.211 e. The van der Waals surface area contributed by atoms with Crippen molar-refractivity contribution in [2.24, 2.45) is 0 Å². The van der Waals surface area contributed by atoms with E-state index in [1.165, 1.54) is 18.1 Å². The molecule has 7 heteroatoms. The van der Waals surface area contributed by atoms with Crippen molar-refractivity contribution in [1.82, 2.24) is 19.3 Å². The van der Waals surface area contributed by atoms with Crippen LogP contribution in [0.15, 0.2) is 37.1 Å². The molecule has 0 aromatic carbocycles. The Balaban J connectivity index is 1.77. The smallest absolute Gasteiger partial charge is 0.211 e. The number of sulfonamides is 1. The van der Waals surface area contributed by atoms with E-state index in [1.807, 2.05) is 6.07 Å². The van der Waals surface area contributed by atoms with Crippen LogP contribution in [0.1, 0.15) is 24.3 Å². The van der Waals surface area contributed by atoms with Gasteiger partial charge >= 0.3 is 0 Å². The van der Waals surface area contributed by atoms with Gasteiger partial charge in [-0.3, -0.25) is 4.98 Å². The Kier molecular flexibility index (Phi) is 4.17. The standard InChI is InChI=1S/C15H18N4O2S/c1-22(20,21)19-6-3-12(4-7-19)13-2-5-18-15(8-13)14-9-16-11-17-10-14/h2,5,8-12H,3-4,6-7H2,1H3. The van der Waals surface area contributed by atoms with Gasteiger partial charge in [0.05, 0.1) is 11.9 Å². The first-order valence-corrected chi connectivity index (χ1v) is 9.05. The van der Waals surface area contributed by atoms with Crippen molar-refractivity contribution in [3.63, 3.8) is 0 Å². The summed E-state index contributed by atoms with van der Waals surface area (Å²) < 4.78 is 24.7. The van der Waals surface area contributed by atoms with Gasteiger partial charge in [-0.05, 0) is 36.5 Å². The summed E-state index contributed by atoms with van der Waals surface area (Å²) in [5.74, 6) is 0.365. The Morgan fingerprint density at radius 3 is 2.50 bits per heavy atom. The molecule has 0 N–H and O–H groups in total. The SMILES string of the molecule is CS(=O)(=O)N1CCC(c2ccnc(-c3cncnc3)c2)CC1. The number of nitrogens with zero attached hydrogens (tertiary/aromatic N) is 4. The van der Waals surface area contributed by atoms with Gasteiger partial charge in [0.1, 0.15) is 6.33 Å². The Hall–Kier alpha value is -1.86. The van der Waals surface area contributed by atoms with E-state index >= 15 is 0 Å². The van der Waals surface area contributed by atoms with Gasteiger partial charge in [0.25, 0.3) is 0 Å². The molecule has 0 aliphatic carbocycles. The maximum atomic E-state index is 11.6. The van der Waals surface area contributed by atoms with E-state index in [2.05, 4.69) is 21.0 Å². The van der Waals surface area contributed by atoms with Crippen molar-refractivity contribution in [2.75, 3.05) is 19.3 Å². The monoisotopic (exact) mass is 318 g/mol. The van der Waals surface area contributed by atoms with Crippen LogP contribution in [0, 0.1) is 0 Å². The molecular formula is C15H18N4O2S. The molecule has 2 aromatic rings. The average Bonchev–Trinajstić information content (AvgIpc) is 2.55. The van der Waals surface area contributed by atoms with Crippen molar-refractivity contribution >= 4 is 10.0 Å². The first-order chi connectivity index (χ1) is 10.5. The molecule has 1 fully saturated rings. The Morgan fingerprint density at radius 2 is 1.86 bits per heavy atom. The molecule has 1 aliphatic heterocycles. The molecular weight excluding hydrogens is 300 g/mol. The third-order valence-electron chi connectivity index (χ3n) is 4.03. The summed E-state index contributed by atoms with van der Waals surface area (Å²) in [7, 11) is -3.08. The zero-order valence-corrected chi connectivity index (χ0v) is 13.2. The third-order valence-corrected chi connectivity index (χ3v) is 5.34. The van der Waals surface area contributed by atoms with Crippen LogP contribution < -0.4 is 0 Å². The molecule has 0 spiro atoms. The fourth-order valence-corrected chi connectivity index (χ4v) is 3.68. The predicted octanol–water partition coefficient (Wildman–Crippen LogP) is 1.68. The van der Waals surface area contributed by atoms with Crippen LogP contribution >= 0.6 is 0 Å². The molecule has 0 unspecified atom stereocenters. The van der Waals surface area contributed by atoms with Gasteiger partial charge in [-0.1, -0.05) is 0 Å². The quantitative estimate of drug-likeness (QED) is 0.860. The van der Waals surface area contributed by atoms with Crippen LogP contribution in [0.5, 0.6) is 0 Å². The number of aromatic nitrogens is 3. The first kappa shape index (κ1) is 15.1. The van der Waals surface area contributed by atoms with Crippen LogP contribution in [-0.4, -0.2) is 47.0 Å². The van der Waals surface area contributed by atoms with Crippen molar-refractivity contribution in [3.8, 4) is 11.3 Å². The summed E-state index contributed by atoms with van der Waals surface area (Å²) in [4.78, 5) is 12.4. The molecule has 116 valence electrons. The minimum absolute atomic E-state index is 0.365. The van der Waals surface area contributed by atoms with Crippen molar-refractivity contribution in [3.05, 3.63) is 42.6 Å². The fourth-order valence-electron chi connectivity index (χ4n) is 2.81. The minimum Gasteiger partial charge on any atom is -0.256 e. The van der Waals surface area contributed by atoms with Gasteiger partial charge in [-0.15, -0.1) is 0 Å². The largest absolute Gasteiger partial charge is 0.256 e. The maximum absolute atomic E-state index is 11.6. The van der Waals surface area contributed by atoms with Gasteiger partial charge in [0.2, 0.25) is 10.0 Å². The van der Waals surface area contributed by atoms with Crippen molar-refractivity contribution in [1.29, 1.82) is 0 Å². The molecule has 6 nitrogen and oxygen atoms in total. The summed E-state index contributed by atoms with van der Waals surface area (Å²) in [6, 6.07) is 4.06. The molecule has 3 rings (SSSR count). The highest BCUT2D eigenvalue weighted by molar-refractivity contribution is 7.88. The summed E-state index contributed by atoms with van der Waals surface area (Å²) in [5.41, 5.74) is 2.93. The average molecular weight is 318 g/mol. The van der Waals surface area contributed by atoms with E-state index in [1.54, 1.807) is 22.9 Å². The second kappa shape index (κ2) is 6.10. The Bertz CT molecular complexity index is 741. The first-order valence-electron chi connectivity index (χ1n) is 7.20. The summed E-state index contributed by atoms with van der Waals surface area (Å²) in [6.07, 6.45) is 9.71. The van der Waals surface area contributed by atoms with Crippen LogP contribution in [0.2, 0.25) is 0 Å². The van der Waals surface area contributed by atoms with E-state index in [-0.39, 0.29) is 0 Å². The van der Waals surface area contributed by atoms with Crippen LogP contribution in [0.25, 0.3) is 11.3 Å². The van der Waals surface area contributed by atoms with E-state index in [9.17, 15) is 8.42 Å². The van der Waals surface area contributed by atoms with Crippen molar-refractivity contribution in [2.45, 2.75) is 18.8 Å². The highest BCUT2D eigenvalue weighted by Crippen LogP contribution is 2.30. The number of pyridine rings is 1. The topological polar surface area (TPSA) is 76.1 Å². The Labute approximate surface area is 130 Å². The van der Waals surface area contributed by atoms with Crippen molar-refractivity contribution < 1.29 is 8.42 Å².